The molecule has 1 saturated heterocycles. The van der Waals surface area contributed by atoms with Gasteiger partial charge in [-0.25, -0.2) is 0 Å². The lowest BCUT2D eigenvalue weighted by Gasteiger charge is -2.33. The summed E-state index contributed by atoms with van der Waals surface area (Å²) in [5, 5.41) is 9.73. The minimum atomic E-state index is 0.971. The molecule has 0 spiro atoms. The van der Waals surface area contributed by atoms with Crippen LogP contribution in [0.5, 0.6) is 0 Å². The maximum Gasteiger partial charge on any atom is 0.0646 e. The summed E-state index contributed by atoms with van der Waals surface area (Å²) in [6, 6.07) is 23.6. The molecule has 0 atom stereocenters. The van der Waals surface area contributed by atoms with Gasteiger partial charge in [-0.3, -0.25) is 9.91 Å². The van der Waals surface area contributed by atoms with E-state index >= 15 is 0 Å². The van der Waals surface area contributed by atoms with Crippen LogP contribution in [0.15, 0.2) is 76.3 Å². The van der Waals surface area contributed by atoms with Gasteiger partial charge in [-0.1, -0.05) is 70.5 Å². The Morgan fingerprint density at radius 2 is 1.59 bits per heavy atom. The molecule has 1 aliphatic rings. The summed E-state index contributed by atoms with van der Waals surface area (Å²) in [5.74, 6) is 0. The number of hydrogen-bond acceptors (Lipinski definition) is 3. The third-order valence-electron chi connectivity index (χ3n) is 5.18. The van der Waals surface area contributed by atoms with Gasteiger partial charge in [-0.2, -0.15) is 5.10 Å². The number of halogens is 1. The molecule has 0 unspecified atom stereocenters. The Kier molecular flexibility index (Phi) is 5.55. The second-order valence-electron chi connectivity index (χ2n) is 7.06. The van der Waals surface area contributed by atoms with Crippen LogP contribution in [-0.2, 0) is 6.54 Å². The molecule has 1 heterocycles. The van der Waals surface area contributed by atoms with Gasteiger partial charge in [0.25, 0.3) is 0 Å². The molecule has 0 amide bonds. The topological polar surface area (TPSA) is 18.8 Å². The van der Waals surface area contributed by atoms with E-state index in [-0.39, 0.29) is 0 Å². The van der Waals surface area contributed by atoms with Crippen molar-refractivity contribution in [3.8, 4) is 0 Å². The second kappa shape index (κ2) is 8.24. The van der Waals surface area contributed by atoms with E-state index in [9.17, 15) is 0 Å². The molecule has 0 bridgehead atoms. The first-order valence-electron chi connectivity index (χ1n) is 9.44. The highest BCUT2D eigenvalue weighted by atomic mass is 79.9. The molecule has 0 aromatic heterocycles. The van der Waals surface area contributed by atoms with E-state index in [4.69, 9.17) is 5.10 Å². The zero-order valence-electron chi connectivity index (χ0n) is 15.6. The third-order valence-corrected chi connectivity index (χ3v) is 5.70. The molecule has 0 saturated carbocycles. The van der Waals surface area contributed by atoms with E-state index in [1.165, 1.54) is 21.9 Å². The van der Waals surface area contributed by atoms with Crippen LogP contribution >= 0.6 is 15.9 Å². The molecule has 27 heavy (non-hydrogen) atoms. The standard InChI is InChI=1S/C23H24BrN3/c1-18(19-9-11-22(24)12-10-19)25-27-15-13-26(14-16-27)17-21-7-4-6-20-5-2-3-8-23(20)21/h2-12H,13-17H2,1H3/b25-18+. The van der Waals surface area contributed by atoms with Gasteiger partial charge in [0, 0.05) is 37.2 Å². The maximum absolute atomic E-state index is 4.84. The van der Waals surface area contributed by atoms with E-state index in [0.717, 1.165) is 42.9 Å². The highest BCUT2D eigenvalue weighted by molar-refractivity contribution is 9.10. The number of rotatable bonds is 4. The van der Waals surface area contributed by atoms with Crippen molar-refractivity contribution in [3.63, 3.8) is 0 Å². The predicted molar refractivity (Wildman–Crippen MR) is 117 cm³/mol. The van der Waals surface area contributed by atoms with E-state index < -0.39 is 0 Å². The maximum atomic E-state index is 4.84. The van der Waals surface area contributed by atoms with Crippen molar-refractivity contribution in [1.82, 2.24) is 9.91 Å². The van der Waals surface area contributed by atoms with Gasteiger partial charge in [0.15, 0.2) is 0 Å². The van der Waals surface area contributed by atoms with E-state index in [1.54, 1.807) is 0 Å². The van der Waals surface area contributed by atoms with Gasteiger partial charge >= 0.3 is 0 Å². The van der Waals surface area contributed by atoms with Gasteiger partial charge in [-0.05, 0) is 41.0 Å². The Labute approximate surface area is 169 Å². The van der Waals surface area contributed by atoms with E-state index in [0.29, 0.717) is 0 Å². The SMILES string of the molecule is C/C(=N\N1CCN(Cc2cccc3ccccc23)CC1)c1ccc(Br)cc1. The lowest BCUT2D eigenvalue weighted by Crippen LogP contribution is -2.43. The molecule has 138 valence electrons. The summed E-state index contributed by atoms with van der Waals surface area (Å²) < 4.78 is 1.10. The van der Waals surface area contributed by atoms with E-state index in [1.807, 2.05) is 0 Å². The average Bonchev–Trinajstić information content (AvgIpc) is 2.70. The van der Waals surface area contributed by atoms with Crippen LogP contribution in [0.3, 0.4) is 0 Å². The van der Waals surface area contributed by atoms with Crippen LogP contribution < -0.4 is 0 Å². The molecule has 3 aromatic carbocycles. The predicted octanol–water partition coefficient (Wildman–Crippen LogP) is 5.14. The largest absolute Gasteiger partial charge is 0.295 e. The number of nitrogens with zero attached hydrogens (tertiary/aromatic N) is 3. The fourth-order valence-corrected chi connectivity index (χ4v) is 3.89. The Bertz CT molecular complexity index is 936. The Morgan fingerprint density at radius 1 is 0.889 bits per heavy atom. The smallest absolute Gasteiger partial charge is 0.0646 e. The Balaban J connectivity index is 1.39. The molecular formula is C23H24BrN3. The van der Waals surface area contributed by atoms with Crippen LogP contribution in [-0.4, -0.2) is 41.8 Å². The van der Waals surface area contributed by atoms with Gasteiger partial charge < -0.3 is 0 Å². The van der Waals surface area contributed by atoms with Crippen LogP contribution in [0.2, 0.25) is 0 Å². The highest BCUT2D eigenvalue weighted by Crippen LogP contribution is 2.20. The summed E-state index contributed by atoms with van der Waals surface area (Å²) >= 11 is 3.49. The molecule has 0 aliphatic carbocycles. The summed E-state index contributed by atoms with van der Waals surface area (Å²) in [6.45, 7) is 7.12. The normalized spacial score (nSPS) is 16.1. The molecule has 4 rings (SSSR count). The summed E-state index contributed by atoms with van der Waals surface area (Å²) in [4.78, 5) is 2.53. The van der Waals surface area contributed by atoms with E-state index in [2.05, 4.69) is 99.5 Å². The summed E-state index contributed by atoms with van der Waals surface area (Å²) in [6.07, 6.45) is 0. The number of hydrazone groups is 1. The minimum Gasteiger partial charge on any atom is -0.295 e. The van der Waals surface area contributed by atoms with Crippen LogP contribution in [0.4, 0.5) is 0 Å². The molecule has 1 aliphatic heterocycles. The minimum absolute atomic E-state index is 0.971. The second-order valence-corrected chi connectivity index (χ2v) is 7.98. The Morgan fingerprint density at radius 3 is 2.37 bits per heavy atom. The fourth-order valence-electron chi connectivity index (χ4n) is 3.63. The monoisotopic (exact) mass is 421 g/mol. The molecule has 4 heteroatoms. The number of piperazine rings is 1. The van der Waals surface area contributed by atoms with Gasteiger partial charge in [0.05, 0.1) is 5.71 Å². The first-order chi connectivity index (χ1) is 13.2. The van der Waals surface area contributed by atoms with Crippen molar-refractivity contribution >= 4 is 32.4 Å². The number of benzene rings is 3. The van der Waals surface area contributed by atoms with Gasteiger partial charge in [0.2, 0.25) is 0 Å². The molecule has 1 fully saturated rings. The van der Waals surface area contributed by atoms with Crippen molar-refractivity contribution in [3.05, 3.63) is 82.3 Å². The summed E-state index contributed by atoms with van der Waals surface area (Å²) in [5.41, 5.74) is 3.66. The number of hydrogen-bond donors (Lipinski definition) is 0. The van der Waals surface area contributed by atoms with Crippen molar-refractivity contribution < 1.29 is 0 Å². The molecule has 3 nitrogen and oxygen atoms in total. The van der Waals surface area contributed by atoms with Crippen LogP contribution in [0.1, 0.15) is 18.1 Å². The molecule has 0 radical (unpaired) electrons. The number of fused-ring (bicyclic) bond motifs is 1. The average molecular weight is 422 g/mol. The zero-order chi connectivity index (χ0) is 18.6. The third kappa shape index (κ3) is 4.40. The first-order valence-corrected chi connectivity index (χ1v) is 10.2. The van der Waals surface area contributed by atoms with Crippen LogP contribution in [0, 0.1) is 0 Å². The molecular weight excluding hydrogens is 398 g/mol. The highest BCUT2D eigenvalue weighted by Gasteiger charge is 2.17. The van der Waals surface area contributed by atoms with Crippen molar-refractivity contribution in [2.45, 2.75) is 13.5 Å². The lowest BCUT2D eigenvalue weighted by molar-refractivity contribution is 0.131. The van der Waals surface area contributed by atoms with Crippen molar-refractivity contribution in [2.24, 2.45) is 5.10 Å². The molecule has 3 aromatic rings. The Hall–Kier alpha value is -2.17. The van der Waals surface area contributed by atoms with Gasteiger partial charge in [0.1, 0.15) is 0 Å². The zero-order valence-corrected chi connectivity index (χ0v) is 17.2. The van der Waals surface area contributed by atoms with Crippen molar-refractivity contribution in [2.75, 3.05) is 26.2 Å². The quantitative estimate of drug-likeness (QED) is 0.542. The van der Waals surface area contributed by atoms with Gasteiger partial charge in [-0.15, -0.1) is 0 Å². The van der Waals surface area contributed by atoms with Crippen LogP contribution in [0.25, 0.3) is 10.8 Å². The van der Waals surface area contributed by atoms with Crippen molar-refractivity contribution in [1.29, 1.82) is 0 Å². The first kappa shape index (κ1) is 18.2. The fraction of sp³-hybridized carbons (Fsp3) is 0.261. The molecule has 0 N–H and O–H groups in total. The lowest BCUT2D eigenvalue weighted by atomic mass is 10.0. The summed E-state index contributed by atoms with van der Waals surface area (Å²) in [7, 11) is 0.